The van der Waals surface area contributed by atoms with Crippen LogP contribution in [0.5, 0.6) is 0 Å². The van der Waals surface area contributed by atoms with Crippen molar-refractivity contribution in [2.75, 3.05) is 5.73 Å². The fourth-order valence-corrected chi connectivity index (χ4v) is 2.30. The minimum atomic E-state index is 0.297. The summed E-state index contributed by atoms with van der Waals surface area (Å²) < 4.78 is 0. The predicted octanol–water partition coefficient (Wildman–Crippen LogP) is 4.08. The Morgan fingerprint density at radius 1 is 1.16 bits per heavy atom. The Hall–Kier alpha value is -1.32. The van der Waals surface area contributed by atoms with Crippen LogP contribution >= 0.6 is 23.2 Å². The van der Waals surface area contributed by atoms with Gasteiger partial charge < -0.3 is 5.73 Å². The summed E-state index contributed by atoms with van der Waals surface area (Å²) in [6.45, 7) is 4.13. The van der Waals surface area contributed by atoms with Crippen LogP contribution in [0, 0.1) is 0 Å². The predicted molar refractivity (Wildman–Crippen MR) is 79.8 cm³/mol. The van der Waals surface area contributed by atoms with Crippen LogP contribution in [-0.4, -0.2) is 9.97 Å². The average molecular weight is 296 g/mol. The number of halogens is 2. The van der Waals surface area contributed by atoms with Gasteiger partial charge in [0.05, 0.1) is 0 Å². The second-order valence-electron chi connectivity index (χ2n) is 4.67. The Morgan fingerprint density at radius 3 is 2.37 bits per heavy atom. The summed E-state index contributed by atoms with van der Waals surface area (Å²) in [5, 5.41) is 1.23. The summed E-state index contributed by atoms with van der Waals surface area (Å²) in [6, 6.07) is 7.22. The molecule has 1 aromatic heterocycles. The molecule has 2 N–H and O–H groups in total. The lowest BCUT2D eigenvalue weighted by Gasteiger charge is -2.10. The zero-order valence-corrected chi connectivity index (χ0v) is 12.3. The van der Waals surface area contributed by atoms with E-state index in [1.165, 1.54) is 0 Å². The topological polar surface area (TPSA) is 51.8 Å². The van der Waals surface area contributed by atoms with E-state index in [0.29, 0.717) is 34.0 Å². The highest BCUT2D eigenvalue weighted by atomic mass is 35.5. The Kier molecular flexibility index (Phi) is 4.27. The first-order chi connectivity index (χ1) is 8.97. The number of nitrogens with zero attached hydrogens (tertiary/aromatic N) is 2. The van der Waals surface area contributed by atoms with Crippen LogP contribution < -0.4 is 5.73 Å². The maximum absolute atomic E-state index is 6.15. The summed E-state index contributed by atoms with van der Waals surface area (Å²) in [6.07, 6.45) is 0.475. The molecule has 0 aliphatic carbocycles. The lowest BCUT2D eigenvalue weighted by molar-refractivity contribution is 0.794. The Balaban J connectivity index is 2.38. The molecule has 100 valence electrons. The summed E-state index contributed by atoms with van der Waals surface area (Å²) in [5.41, 5.74) is 7.56. The number of hydrogen-bond acceptors (Lipinski definition) is 3. The van der Waals surface area contributed by atoms with Gasteiger partial charge >= 0.3 is 0 Å². The van der Waals surface area contributed by atoms with Gasteiger partial charge in [0.2, 0.25) is 0 Å². The zero-order chi connectivity index (χ0) is 14.0. The number of aromatic nitrogens is 2. The van der Waals surface area contributed by atoms with Crippen molar-refractivity contribution in [2.45, 2.75) is 26.2 Å². The van der Waals surface area contributed by atoms with E-state index in [-0.39, 0.29) is 0 Å². The molecule has 0 unspecified atom stereocenters. The monoisotopic (exact) mass is 295 g/mol. The average Bonchev–Trinajstić information content (AvgIpc) is 2.33. The SMILES string of the molecule is CC(C)c1cc(N)nc(Cc2c(Cl)cccc2Cl)n1. The third kappa shape index (κ3) is 3.37. The quantitative estimate of drug-likeness (QED) is 0.928. The van der Waals surface area contributed by atoms with Gasteiger partial charge in [-0.2, -0.15) is 0 Å². The lowest BCUT2D eigenvalue weighted by Crippen LogP contribution is -2.05. The second kappa shape index (κ2) is 5.76. The van der Waals surface area contributed by atoms with Crippen molar-refractivity contribution in [2.24, 2.45) is 0 Å². The van der Waals surface area contributed by atoms with Crippen molar-refractivity contribution in [1.29, 1.82) is 0 Å². The molecule has 0 atom stereocenters. The van der Waals surface area contributed by atoms with Gasteiger partial charge in [-0.25, -0.2) is 9.97 Å². The third-order valence-electron chi connectivity index (χ3n) is 2.80. The highest BCUT2D eigenvalue weighted by Gasteiger charge is 2.11. The van der Waals surface area contributed by atoms with Crippen molar-refractivity contribution in [3.05, 3.63) is 51.4 Å². The first-order valence-electron chi connectivity index (χ1n) is 6.03. The molecule has 0 saturated heterocycles. The van der Waals surface area contributed by atoms with E-state index in [4.69, 9.17) is 28.9 Å². The van der Waals surface area contributed by atoms with Crippen molar-refractivity contribution in [3.8, 4) is 0 Å². The Labute approximate surface area is 122 Å². The van der Waals surface area contributed by atoms with Crippen molar-refractivity contribution >= 4 is 29.0 Å². The van der Waals surface area contributed by atoms with Crippen LogP contribution in [0.1, 0.15) is 36.8 Å². The molecule has 0 aliphatic rings. The molecule has 3 nitrogen and oxygen atoms in total. The maximum atomic E-state index is 6.15. The van der Waals surface area contributed by atoms with E-state index in [2.05, 4.69) is 23.8 Å². The number of nitrogen functional groups attached to an aromatic ring is 1. The molecular weight excluding hydrogens is 281 g/mol. The third-order valence-corrected chi connectivity index (χ3v) is 3.51. The number of rotatable bonds is 3. The van der Waals surface area contributed by atoms with Gasteiger partial charge in [0.15, 0.2) is 0 Å². The molecule has 5 heteroatoms. The second-order valence-corrected chi connectivity index (χ2v) is 5.48. The molecule has 0 fully saturated rings. The van der Waals surface area contributed by atoms with Crippen molar-refractivity contribution in [3.63, 3.8) is 0 Å². The smallest absolute Gasteiger partial charge is 0.135 e. The van der Waals surface area contributed by atoms with Crippen molar-refractivity contribution in [1.82, 2.24) is 9.97 Å². The minimum absolute atomic E-state index is 0.297. The normalized spacial score (nSPS) is 11.0. The molecule has 1 heterocycles. The standard InChI is InChI=1S/C14H15Cl2N3/c1-8(2)12-7-13(17)19-14(18-12)6-9-10(15)4-3-5-11(9)16/h3-5,7-8H,6H2,1-2H3,(H2,17,18,19). The zero-order valence-electron chi connectivity index (χ0n) is 10.8. The van der Waals surface area contributed by atoms with Crippen LogP contribution in [-0.2, 0) is 6.42 Å². The molecule has 2 aromatic rings. The number of benzene rings is 1. The molecular formula is C14H15Cl2N3. The lowest BCUT2D eigenvalue weighted by atomic mass is 10.1. The molecule has 0 bridgehead atoms. The fraction of sp³-hybridized carbons (Fsp3) is 0.286. The van der Waals surface area contributed by atoms with Gasteiger partial charge in [-0.3, -0.25) is 0 Å². The van der Waals surface area contributed by atoms with Crippen molar-refractivity contribution < 1.29 is 0 Å². The van der Waals surface area contributed by atoms with Crippen LogP contribution in [0.2, 0.25) is 10.0 Å². The van der Waals surface area contributed by atoms with Crippen LogP contribution in [0.25, 0.3) is 0 Å². The van der Waals surface area contributed by atoms with Gasteiger partial charge in [-0.1, -0.05) is 43.1 Å². The summed E-state index contributed by atoms with van der Waals surface area (Å²) >= 11 is 12.3. The maximum Gasteiger partial charge on any atom is 0.135 e. The highest BCUT2D eigenvalue weighted by Crippen LogP contribution is 2.26. The molecule has 0 spiro atoms. The minimum Gasteiger partial charge on any atom is -0.384 e. The van der Waals surface area contributed by atoms with Gasteiger partial charge in [0.25, 0.3) is 0 Å². The van der Waals surface area contributed by atoms with E-state index in [9.17, 15) is 0 Å². The van der Waals surface area contributed by atoms with Gasteiger partial charge in [0, 0.05) is 28.2 Å². The summed E-state index contributed by atoms with van der Waals surface area (Å²) in [5.74, 6) is 1.40. The molecule has 0 aliphatic heterocycles. The van der Waals surface area contributed by atoms with Crippen LogP contribution in [0.15, 0.2) is 24.3 Å². The first kappa shape index (κ1) is 14.1. The van der Waals surface area contributed by atoms with Crippen LogP contribution in [0.4, 0.5) is 5.82 Å². The molecule has 19 heavy (non-hydrogen) atoms. The van der Waals surface area contributed by atoms with E-state index in [0.717, 1.165) is 11.3 Å². The molecule has 0 amide bonds. The number of anilines is 1. The molecule has 2 rings (SSSR count). The van der Waals surface area contributed by atoms with Gasteiger partial charge in [-0.15, -0.1) is 0 Å². The van der Waals surface area contributed by atoms with Gasteiger partial charge in [-0.05, 0) is 23.6 Å². The van der Waals surface area contributed by atoms with Crippen LogP contribution in [0.3, 0.4) is 0 Å². The molecule has 1 aromatic carbocycles. The summed E-state index contributed by atoms with van der Waals surface area (Å²) in [7, 11) is 0. The largest absolute Gasteiger partial charge is 0.384 e. The Morgan fingerprint density at radius 2 is 1.79 bits per heavy atom. The summed E-state index contributed by atoms with van der Waals surface area (Å²) in [4.78, 5) is 8.75. The van der Waals surface area contributed by atoms with E-state index < -0.39 is 0 Å². The van der Waals surface area contributed by atoms with Gasteiger partial charge in [0.1, 0.15) is 11.6 Å². The molecule has 0 radical (unpaired) electrons. The fourth-order valence-electron chi connectivity index (χ4n) is 1.77. The molecule has 0 saturated carbocycles. The number of nitrogens with two attached hydrogens (primary N) is 1. The van der Waals surface area contributed by atoms with E-state index >= 15 is 0 Å². The number of hydrogen-bond donors (Lipinski definition) is 1. The highest BCUT2D eigenvalue weighted by molar-refractivity contribution is 6.36. The van der Waals surface area contributed by atoms with E-state index in [1.54, 1.807) is 18.2 Å². The van der Waals surface area contributed by atoms with E-state index in [1.807, 2.05) is 6.07 Å². The Bertz CT molecular complexity index is 577. The first-order valence-corrected chi connectivity index (χ1v) is 6.79.